The van der Waals surface area contributed by atoms with Crippen LogP contribution in [0.15, 0.2) is 77.7 Å². The Kier molecular flexibility index (Phi) is 6.65. The number of amides is 1. The lowest BCUT2D eigenvalue weighted by Gasteiger charge is -2.23. The van der Waals surface area contributed by atoms with Gasteiger partial charge < -0.3 is 9.64 Å². The van der Waals surface area contributed by atoms with Gasteiger partial charge in [0.1, 0.15) is 11.6 Å². The first-order valence-electron chi connectivity index (χ1n) is 10.8. The van der Waals surface area contributed by atoms with Gasteiger partial charge in [-0.15, -0.1) is 0 Å². The molecule has 172 valence electrons. The van der Waals surface area contributed by atoms with E-state index in [-0.39, 0.29) is 29.2 Å². The first kappa shape index (κ1) is 22.8. The van der Waals surface area contributed by atoms with Gasteiger partial charge >= 0.3 is 0 Å². The molecule has 1 saturated carbocycles. The summed E-state index contributed by atoms with van der Waals surface area (Å²) in [6.45, 7) is 2.57. The van der Waals surface area contributed by atoms with Crippen molar-refractivity contribution in [3.8, 4) is 5.75 Å². The Labute approximate surface area is 193 Å². The predicted molar refractivity (Wildman–Crippen MR) is 124 cm³/mol. The third-order valence-corrected chi connectivity index (χ3v) is 6.77. The van der Waals surface area contributed by atoms with E-state index in [1.54, 1.807) is 47.4 Å². The highest BCUT2D eigenvalue weighted by molar-refractivity contribution is 7.92. The van der Waals surface area contributed by atoms with Crippen LogP contribution in [0.4, 0.5) is 10.1 Å². The number of nitrogens with zero attached hydrogens (tertiary/aromatic N) is 1. The fourth-order valence-electron chi connectivity index (χ4n) is 3.51. The fraction of sp³-hybridized carbons (Fsp3) is 0.240. The topological polar surface area (TPSA) is 75.7 Å². The maximum Gasteiger partial charge on any atom is 0.261 e. The van der Waals surface area contributed by atoms with Crippen molar-refractivity contribution in [3.05, 3.63) is 89.7 Å². The fourth-order valence-corrected chi connectivity index (χ4v) is 4.56. The molecular formula is C25H25FN2O4S. The summed E-state index contributed by atoms with van der Waals surface area (Å²) in [5, 5.41) is 0. The van der Waals surface area contributed by atoms with Crippen molar-refractivity contribution in [2.24, 2.45) is 0 Å². The molecule has 6 nitrogen and oxygen atoms in total. The lowest BCUT2D eigenvalue weighted by Crippen LogP contribution is -2.33. The molecule has 4 rings (SSSR count). The molecule has 33 heavy (non-hydrogen) atoms. The molecule has 0 spiro atoms. The number of carbonyl (C=O) groups is 1. The molecule has 0 saturated heterocycles. The number of rotatable bonds is 9. The molecule has 1 amide bonds. The predicted octanol–water partition coefficient (Wildman–Crippen LogP) is 4.83. The number of benzene rings is 3. The molecule has 0 aliphatic heterocycles. The molecule has 0 unspecified atom stereocenters. The Morgan fingerprint density at radius 1 is 1.03 bits per heavy atom. The molecule has 1 aliphatic carbocycles. The molecule has 1 fully saturated rings. The van der Waals surface area contributed by atoms with Gasteiger partial charge in [-0.2, -0.15) is 0 Å². The van der Waals surface area contributed by atoms with Crippen molar-refractivity contribution in [2.45, 2.75) is 37.2 Å². The van der Waals surface area contributed by atoms with Gasteiger partial charge in [0.05, 0.1) is 11.5 Å². The van der Waals surface area contributed by atoms with Crippen molar-refractivity contribution in [3.63, 3.8) is 0 Å². The summed E-state index contributed by atoms with van der Waals surface area (Å²) >= 11 is 0. The summed E-state index contributed by atoms with van der Waals surface area (Å²) in [6.07, 6.45) is 1.75. The van der Waals surface area contributed by atoms with Crippen LogP contribution in [0.1, 0.15) is 35.7 Å². The van der Waals surface area contributed by atoms with Crippen LogP contribution in [0, 0.1) is 5.82 Å². The van der Waals surface area contributed by atoms with Gasteiger partial charge in [0.25, 0.3) is 15.9 Å². The second-order valence-corrected chi connectivity index (χ2v) is 9.53. The Bertz CT molecular complexity index is 1220. The molecule has 3 aromatic rings. The van der Waals surface area contributed by atoms with Crippen LogP contribution in [-0.2, 0) is 16.6 Å². The molecule has 1 aliphatic rings. The summed E-state index contributed by atoms with van der Waals surface area (Å²) in [5.41, 5.74) is 1.22. The number of anilines is 1. The van der Waals surface area contributed by atoms with Crippen molar-refractivity contribution in [1.82, 2.24) is 4.90 Å². The first-order chi connectivity index (χ1) is 15.9. The van der Waals surface area contributed by atoms with Crippen LogP contribution in [0.3, 0.4) is 0 Å². The van der Waals surface area contributed by atoms with Gasteiger partial charge in [-0.3, -0.25) is 9.52 Å². The monoisotopic (exact) mass is 468 g/mol. The Balaban J connectivity index is 1.48. The highest BCUT2D eigenvalue weighted by atomic mass is 32.2. The van der Waals surface area contributed by atoms with Crippen LogP contribution < -0.4 is 9.46 Å². The van der Waals surface area contributed by atoms with Gasteiger partial charge in [0.15, 0.2) is 0 Å². The first-order valence-corrected chi connectivity index (χ1v) is 12.3. The Morgan fingerprint density at radius 3 is 2.30 bits per heavy atom. The van der Waals surface area contributed by atoms with E-state index >= 15 is 0 Å². The van der Waals surface area contributed by atoms with Crippen molar-refractivity contribution >= 4 is 21.6 Å². The summed E-state index contributed by atoms with van der Waals surface area (Å²) in [5.74, 6) is 0.0563. The van der Waals surface area contributed by atoms with E-state index in [4.69, 9.17) is 4.74 Å². The second-order valence-electron chi connectivity index (χ2n) is 7.84. The summed E-state index contributed by atoms with van der Waals surface area (Å²) < 4.78 is 47.5. The highest BCUT2D eigenvalue weighted by Gasteiger charge is 2.33. The molecule has 8 heteroatoms. The molecule has 0 bridgehead atoms. The molecule has 0 aromatic heterocycles. The molecule has 1 N–H and O–H groups in total. The zero-order chi connectivity index (χ0) is 23.4. The van der Waals surface area contributed by atoms with Gasteiger partial charge in [-0.25, -0.2) is 12.8 Å². The highest BCUT2D eigenvalue weighted by Crippen LogP contribution is 2.30. The smallest absolute Gasteiger partial charge is 0.261 e. The minimum Gasteiger partial charge on any atom is -0.494 e. The summed E-state index contributed by atoms with van der Waals surface area (Å²) in [7, 11) is -3.82. The van der Waals surface area contributed by atoms with Crippen LogP contribution >= 0.6 is 0 Å². The van der Waals surface area contributed by atoms with E-state index < -0.39 is 10.0 Å². The Hall–Kier alpha value is -3.39. The van der Waals surface area contributed by atoms with Gasteiger partial charge in [0, 0.05) is 29.4 Å². The maximum atomic E-state index is 14.1. The van der Waals surface area contributed by atoms with Gasteiger partial charge in [-0.1, -0.05) is 18.2 Å². The van der Waals surface area contributed by atoms with Gasteiger partial charge in [0.2, 0.25) is 0 Å². The van der Waals surface area contributed by atoms with Gasteiger partial charge in [-0.05, 0) is 74.4 Å². The van der Waals surface area contributed by atoms with Crippen LogP contribution in [0.2, 0.25) is 0 Å². The average Bonchev–Trinajstić information content (AvgIpc) is 3.65. The molecule has 0 heterocycles. The maximum absolute atomic E-state index is 14.1. The van der Waals surface area contributed by atoms with Crippen molar-refractivity contribution in [1.29, 1.82) is 0 Å². The van der Waals surface area contributed by atoms with E-state index in [1.165, 1.54) is 30.3 Å². The third kappa shape index (κ3) is 5.51. The van der Waals surface area contributed by atoms with Crippen LogP contribution in [-0.4, -0.2) is 31.9 Å². The quantitative estimate of drug-likeness (QED) is 0.488. The largest absolute Gasteiger partial charge is 0.494 e. The normalized spacial score (nSPS) is 13.4. The minimum atomic E-state index is -3.82. The number of carbonyl (C=O) groups excluding carboxylic acids is 1. The molecular weight excluding hydrogens is 443 g/mol. The zero-order valence-corrected chi connectivity index (χ0v) is 19.0. The van der Waals surface area contributed by atoms with E-state index in [9.17, 15) is 17.6 Å². The second kappa shape index (κ2) is 9.62. The van der Waals surface area contributed by atoms with Crippen molar-refractivity contribution in [2.75, 3.05) is 11.3 Å². The molecule has 0 atom stereocenters. The summed E-state index contributed by atoms with van der Waals surface area (Å²) in [6, 6.07) is 18.9. The zero-order valence-electron chi connectivity index (χ0n) is 18.2. The third-order valence-electron chi connectivity index (χ3n) is 5.38. The number of hydrogen-bond acceptors (Lipinski definition) is 4. The number of ether oxygens (including phenoxy) is 1. The SMILES string of the molecule is CCOc1ccc(NS(=O)(=O)c2ccc(C(=O)N(Cc3ccccc3F)C3CC3)cc2)cc1. The lowest BCUT2D eigenvalue weighted by atomic mass is 10.1. The van der Waals surface area contributed by atoms with E-state index in [2.05, 4.69) is 4.72 Å². The molecule has 0 radical (unpaired) electrons. The van der Waals surface area contributed by atoms with E-state index in [1.807, 2.05) is 6.92 Å². The number of nitrogens with one attached hydrogen (secondary N) is 1. The summed E-state index contributed by atoms with van der Waals surface area (Å²) in [4.78, 5) is 14.8. The standard InChI is InChI=1S/C25H25FN2O4S/c1-2-32-22-13-9-20(10-14-22)27-33(30,31)23-15-7-18(8-16-23)25(29)28(21-11-12-21)17-19-5-3-4-6-24(19)26/h3-10,13-16,21,27H,2,11-12,17H2,1H3. The average molecular weight is 469 g/mol. The van der Waals surface area contributed by atoms with Crippen LogP contribution in [0.5, 0.6) is 5.75 Å². The minimum absolute atomic E-state index is 0.0417. The van der Waals surface area contributed by atoms with E-state index in [0.717, 1.165) is 12.8 Å². The van der Waals surface area contributed by atoms with Crippen LogP contribution in [0.25, 0.3) is 0 Å². The number of halogens is 1. The van der Waals surface area contributed by atoms with E-state index in [0.29, 0.717) is 29.2 Å². The lowest BCUT2D eigenvalue weighted by molar-refractivity contribution is 0.0728. The number of sulfonamides is 1. The van der Waals surface area contributed by atoms with Crippen molar-refractivity contribution < 1.29 is 22.3 Å². The number of hydrogen-bond donors (Lipinski definition) is 1. The molecule has 3 aromatic carbocycles. The Morgan fingerprint density at radius 2 is 1.70 bits per heavy atom.